The Labute approximate surface area is 111 Å². The van der Waals surface area contributed by atoms with Crippen molar-refractivity contribution in [2.75, 3.05) is 33.7 Å². The van der Waals surface area contributed by atoms with Crippen molar-refractivity contribution in [2.45, 2.75) is 45.1 Å². The highest BCUT2D eigenvalue weighted by Crippen LogP contribution is 2.17. The van der Waals surface area contributed by atoms with Crippen LogP contribution in [-0.4, -0.2) is 50.6 Å². The van der Waals surface area contributed by atoms with E-state index in [2.05, 4.69) is 36.6 Å². The molecule has 2 atom stereocenters. The molecule has 4 nitrogen and oxygen atoms in total. The first-order chi connectivity index (χ1) is 8.59. The summed E-state index contributed by atoms with van der Waals surface area (Å²) in [6, 6.07) is 0.375. The smallest absolute Gasteiger partial charge is 0.221 e. The lowest BCUT2D eigenvalue weighted by atomic mass is 9.90. The molecule has 4 heteroatoms. The first-order valence-electron chi connectivity index (χ1n) is 7.24. The van der Waals surface area contributed by atoms with Gasteiger partial charge in [-0.3, -0.25) is 4.79 Å². The Morgan fingerprint density at radius 3 is 2.83 bits per heavy atom. The third-order valence-corrected chi connectivity index (χ3v) is 3.69. The number of hydrogen-bond donors (Lipinski definition) is 2. The molecule has 1 aliphatic heterocycles. The van der Waals surface area contributed by atoms with E-state index >= 15 is 0 Å². The van der Waals surface area contributed by atoms with E-state index in [9.17, 15) is 4.79 Å². The predicted molar refractivity (Wildman–Crippen MR) is 75.6 cm³/mol. The summed E-state index contributed by atoms with van der Waals surface area (Å²) in [5, 5.41) is 6.48. The van der Waals surface area contributed by atoms with Crippen LogP contribution in [0, 0.1) is 5.92 Å². The summed E-state index contributed by atoms with van der Waals surface area (Å²) in [7, 11) is 4.16. The SMILES string of the molecule is CC1CCCNC1CC(=O)NCCCCN(C)C. The number of unbranched alkanes of at least 4 members (excludes halogenated alkanes) is 1. The predicted octanol–water partition coefficient (Wildman–Crippen LogP) is 1.22. The average molecular weight is 255 g/mol. The molecule has 1 saturated heterocycles. The second kappa shape index (κ2) is 8.48. The van der Waals surface area contributed by atoms with Crippen LogP contribution in [0.3, 0.4) is 0 Å². The number of nitrogens with one attached hydrogen (secondary N) is 2. The third kappa shape index (κ3) is 6.36. The summed E-state index contributed by atoms with van der Waals surface area (Å²) < 4.78 is 0. The van der Waals surface area contributed by atoms with Gasteiger partial charge in [-0.1, -0.05) is 6.92 Å². The summed E-state index contributed by atoms with van der Waals surface area (Å²) in [6.07, 6.45) is 5.33. The fraction of sp³-hybridized carbons (Fsp3) is 0.929. The molecule has 0 radical (unpaired) electrons. The molecule has 1 amide bonds. The van der Waals surface area contributed by atoms with Crippen molar-refractivity contribution in [1.82, 2.24) is 15.5 Å². The fourth-order valence-corrected chi connectivity index (χ4v) is 2.44. The maximum Gasteiger partial charge on any atom is 0.221 e. The second-order valence-corrected chi connectivity index (χ2v) is 5.74. The maximum absolute atomic E-state index is 11.8. The zero-order valence-corrected chi connectivity index (χ0v) is 12.2. The number of hydrogen-bond acceptors (Lipinski definition) is 3. The lowest BCUT2D eigenvalue weighted by molar-refractivity contribution is -0.122. The quantitative estimate of drug-likeness (QED) is 0.672. The van der Waals surface area contributed by atoms with E-state index in [4.69, 9.17) is 0 Å². The van der Waals surface area contributed by atoms with Crippen LogP contribution in [0.5, 0.6) is 0 Å². The van der Waals surface area contributed by atoms with Crippen molar-refractivity contribution in [1.29, 1.82) is 0 Å². The van der Waals surface area contributed by atoms with Crippen molar-refractivity contribution >= 4 is 5.91 Å². The van der Waals surface area contributed by atoms with E-state index in [1.54, 1.807) is 0 Å². The van der Waals surface area contributed by atoms with Crippen LogP contribution in [0.4, 0.5) is 0 Å². The summed E-state index contributed by atoms with van der Waals surface area (Å²) in [5.41, 5.74) is 0. The number of amides is 1. The van der Waals surface area contributed by atoms with Crippen molar-refractivity contribution in [3.8, 4) is 0 Å². The molecule has 2 N–H and O–H groups in total. The van der Waals surface area contributed by atoms with Gasteiger partial charge in [0.25, 0.3) is 0 Å². The molecule has 0 saturated carbocycles. The van der Waals surface area contributed by atoms with Crippen molar-refractivity contribution in [3.05, 3.63) is 0 Å². The highest BCUT2D eigenvalue weighted by atomic mass is 16.1. The molecule has 0 aromatic rings. The lowest BCUT2D eigenvalue weighted by Crippen LogP contribution is -2.43. The van der Waals surface area contributed by atoms with E-state index in [0.29, 0.717) is 18.4 Å². The summed E-state index contributed by atoms with van der Waals surface area (Å²) in [5.74, 6) is 0.823. The topological polar surface area (TPSA) is 44.4 Å². The van der Waals surface area contributed by atoms with Gasteiger partial charge in [-0.05, 0) is 58.8 Å². The number of nitrogens with zero attached hydrogens (tertiary/aromatic N) is 1. The standard InChI is InChI=1S/C14H29N3O/c1-12-7-6-9-15-13(12)11-14(18)16-8-4-5-10-17(2)3/h12-13,15H,4-11H2,1-3H3,(H,16,18). The summed E-state index contributed by atoms with van der Waals surface area (Å²) in [6.45, 7) is 5.21. The Hall–Kier alpha value is -0.610. The molecule has 1 rings (SSSR count). The van der Waals surface area contributed by atoms with E-state index in [1.165, 1.54) is 12.8 Å². The Kier molecular flexibility index (Phi) is 7.28. The first kappa shape index (κ1) is 15.4. The van der Waals surface area contributed by atoms with Crippen LogP contribution in [0.1, 0.15) is 39.0 Å². The molecule has 0 aromatic heterocycles. The molecule has 18 heavy (non-hydrogen) atoms. The van der Waals surface area contributed by atoms with E-state index in [-0.39, 0.29) is 5.91 Å². The average Bonchev–Trinajstić information content (AvgIpc) is 2.31. The van der Waals surface area contributed by atoms with Gasteiger partial charge in [-0.25, -0.2) is 0 Å². The number of rotatable bonds is 7. The summed E-state index contributed by atoms with van der Waals surface area (Å²) >= 11 is 0. The van der Waals surface area contributed by atoms with E-state index in [0.717, 1.165) is 32.5 Å². The van der Waals surface area contributed by atoms with Crippen LogP contribution >= 0.6 is 0 Å². The molecule has 0 spiro atoms. The van der Waals surface area contributed by atoms with Gasteiger partial charge in [-0.15, -0.1) is 0 Å². The van der Waals surface area contributed by atoms with Gasteiger partial charge in [0.15, 0.2) is 0 Å². The van der Waals surface area contributed by atoms with Crippen LogP contribution in [0.2, 0.25) is 0 Å². The Bertz CT molecular complexity index is 243. The molecule has 1 fully saturated rings. The van der Waals surface area contributed by atoms with Crippen LogP contribution < -0.4 is 10.6 Å². The largest absolute Gasteiger partial charge is 0.356 e. The number of carbonyl (C=O) groups is 1. The monoisotopic (exact) mass is 255 g/mol. The van der Waals surface area contributed by atoms with Crippen LogP contribution in [0.25, 0.3) is 0 Å². The van der Waals surface area contributed by atoms with Gasteiger partial charge in [0, 0.05) is 19.0 Å². The highest BCUT2D eigenvalue weighted by Gasteiger charge is 2.22. The molecule has 1 aliphatic rings. The molecule has 106 valence electrons. The normalized spacial score (nSPS) is 24.2. The van der Waals surface area contributed by atoms with Gasteiger partial charge >= 0.3 is 0 Å². The Morgan fingerprint density at radius 1 is 1.39 bits per heavy atom. The van der Waals surface area contributed by atoms with Gasteiger partial charge < -0.3 is 15.5 Å². The molecule has 0 aliphatic carbocycles. The lowest BCUT2D eigenvalue weighted by Gasteiger charge is -2.29. The van der Waals surface area contributed by atoms with Crippen molar-refractivity contribution in [3.63, 3.8) is 0 Å². The third-order valence-electron chi connectivity index (χ3n) is 3.69. The second-order valence-electron chi connectivity index (χ2n) is 5.74. The fourth-order valence-electron chi connectivity index (χ4n) is 2.44. The Morgan fingerprint density at radius 2 is 2.17 bits per heavy atom. The molecular weight excluding hydrogens is 226 g/mol. The first-order valence-corrected chi connectivity index (χ1v) is 7.24. The van der Waals surface area contributed by atoms with Crippen molar-refractivity contribution < 1.29 is 4.79 Å². The van der Waals surface area contributed by atoms with Crippen LogP contribution in [0.15, 0.2) is 0 Å². The van der Waals surface area contributed by atoms with Crippen molar-refractivity contribution in [2.24, 2.45) is 5.92 Å². The minimum atomic E-state index is 0.200. The maximum atomic E-state index is 11.8. The number of carbonyl (C=O) groups excluding carboxylic acids is 1. The van der Waals surface area contributed by atoms with Gasteiger partial charge in [0.2, 0.25) is 5.91 Å². The number of piperidine rings is 1. The van der Waals surface area contributed by atoms with E-state index in [1.807, 2.05) is 0 Å². The van der Waals surface area contributed by atoms with Gasteiger partial charge in [-0.2, -0.15) is 0 Å². The zero-order valence-electron chi connectivity index (χ0n) is 12.2. The van der Waals surface area contributed by atoms with Crippen LogP contribution in [-0.2, 0) is 4.79 Å². The molecule has 1 heterocycles. The molecule has 2 unspecified atom stereocenters. The van der Waals surface area contributed by atoms with E-state index < -0.39 is 0 Å². The van der Waals surface area contributed by atoms with Gasteiger partial charge in [0.1, 0.15) is 0 Å². The molecular formula is C14H29N3O. The summed E-state index contributed by atoms with van der Waals surface area (Å²) in [4.78, 5) is 14.0. The molecule has 0 aromatic carbocycles. The zero-order chi connectivity index (χ0) is 13.4. The Balaban J connectivity index is 2.06. The minimum absolute atomic E-state index is 0.200. The minimum Gasteiger partial charge on any atom is -0.356 e. The highest BCUT2D eigenvalue weighted by molar-refractivity contribution is 5.76. The van der Waals surface area contributed by atoms with Gasteiger partial charge in [0.05, 0.1) is 0 Å². The molecule has 0 bridgehead atoms.